The highest BCUT2D eigenvalue weighted by Crippen LogP contribution is 2.39. The van der Waals surface area contributed by atoms with Crippen molar-refractivity contribution >= 4 is 15.9 Å². The number of alkyl halides is 1. The Bertz CT molecular complexity index is 569. The smallest absolute Gasteiger partial charge is 0.108 e. The molecule has 0 fully saturated rings. The fraction of sp³-hybridized carbons (Fsp3) is 0.412. The molecule has 1 aromatic carbocycles. The van der Waals surface area contributed by atoms with Crippen LogP contribution in [0.4, 0.5) is 0 Å². The molecule has 1 heterocycles. The van der Waals surface area contributed by atoms with Crippen LogP contribution in [0.15, 0.2) is 22.8 Å². The van der Waals surface area contributed by atoms with E-state index >= 15 is 0 Å². The van der Waals surface area contributed by atoms with Crippen molar-refractivity contribution in [2.24, 2.45) is 0 Å². The number of aryl methyl sites for hydroxylation is 3. The molecule has 0 aliphatic rings. The van der Waals surface area contributed by atoms with Crippen molar-refractivity contribution in [3.05, 3.63) is 57.5 Å². The first kappa shape index (κ1) is 14.4. The molecule has 0 bridgehead atoms. The molecule has 0 radical (unpaired) electrons. The Balaban J connectivity index is 2.59. The van der Waals surface area contributed by atoms with Gasteiger partial charge in [0.2, 0.25) is 0 Å². The molecule has 1 atom stereocenters. The predicted octanol–water partition coefficient (Wildman–Crippen LogP) is 5.56. The van der Waals surface area contributed by atoms with Crippen LogP contribution in [-0.2, 0) is 6.42 Å². The number of rotatable bonds is 3. The van der Waals surface area contributed by atoms with Gasteiger partial charge in [0.15, 0.2) is 0 Å². The average molecular weight is 321 g/mol. The van der Waals surface area contributed by atoms with E-state index in [4.69, 9.17) is 4.42 Å². The van der Waals surface area contributed by atoms with Gasteiger partial charge in [0.05, 0.1) is 11.1 Å². The Labute approximate surface area is 124 Å². The molecule has 19 heavy (non-hydrogen) atoms. The third kappa shape index (κ3) is 2.51. The van der Waals surface area contributed by atoms with Gasteiger partial charge in [-0.25, -0.2) is 0 Å². The van der Waals surface area contributed by atoms with E-state index in [1.807, 2.05) is 0 Å². The maximum atomic E-state index is 5.57. The van der Waals surface area contributed by atoms with Gasteiger partial charge in [-0.1, -0.05) is 28.9 Å². The van der Waals surface area contributed by atoms with Crippen LogP contribution in [0, 0.1) is 27.7 Å². The summed E-state index contributed by atoms with van der Waals surface area (Å²) in [6.07, 6.45) is 2.71. The highest BCUT2D eigenvalue weighted by Gasteiger charge is 2.21. The maximum absolute atomic E-state index is 5.57. The van der Waals surface area contributed by atoms with E-state index in [1.54, 1.807) is 6.26 Å². The highest BCUT2D eigenvalue weighted by molar-refractivity contribution is 9.09. The van der Waals surface area contributed by atoms with Crippen molar-refractivity contribution < 1.29 is 4.42 Å². The molecule has 102 valence electrons. The summed E-state index contributed by atoms with van der Waals surface area (Å²) in [5, 5.41) is 0. The van der Waals surface area contributed by atoms with Crippen LogP contribution in [0.25, 0.3) is 0 Å². The topological polar surface area (TPSA) is 13.1 Å². The van der Waals surface area contributed by atoms with Gasteiger partial charge < -0.3 is 4.42 Å². The van der Waals surface area contributed by atoms with Gasteiger partial charge in [0.25, 0.3) is 0 Å². The minimum absolute atomic E-state index is 0.208. The molecule has 0 saturated heterocycles. The Hall–Kier alpha value is -1.02. The maximum Gasteiger partial charge on any atom is 0.108 e. The monoisotopic (exact) mass is 320 g/mol. The van der Waals surface area contributed by atoms with Crippen molar-refractivity contribution in [1.82, 2.24) is 0 Å². The van der Waals surface area contributed by atoms with E-state index in [0.29, 0.717) is 0 Å². The lowest BCUT2D eigenvalue weighted by Crippen LogP contribution is -2.04. The summed E-state index contributed by atoms with van der Waals surface area (Å²) in [5.74, 6) is 1.07. The molecule has 0 N–H and O–H groups in total. The fourth-order valence-electron chi connectivity index (χ4n) is 2.65. The summed E-state index contributed by atoms with van der Waals surface area (Å²) >= 11 is 3.87. The Kier molecular flexibility index (Phi) is 4.19. The number of furan rings is 1. The number of hydrogen-bond donors (Lipinski definition) is 0. The molecule has 0 aliphatic heterocycles. The molecular weight excluding hydrogens is 300 g/mol. The summed E-state index contributed by atoms with van der Waals surface area (Å²) < 4.78 is 5.57. The zero-order valence-electron chi connectivity index (χ0n) is 12.3. The van der Waals surface area contributed by atoms with E-state index in [9.17, 15) is 0 Å². The Morgan fingerprint density at radius 2 is 1.68 bits per heavy atom. The van der Waals surface area contributed by atoms with Crippen LogP contribution < -0.4 is 0 Å². The number of hydrogen-bond acceptors (Lipinski definition) is 1. The van der Waals surface area contributed by atoms with Crippen molar-refractivity contribution in [2.45, 2.75) is 45.9 Å². The summed E-state index contributed by atoms with van der Waals surface area (Å²) in [4.78, 5) is 0.208. The SMILES string of the molecule is CCc1occc1C(Br)c1c(C)c(C)cc(C)c1C. The number of halogens is 1. The van der Waals surface area contributed by atoms with Gasteiger partial charge in [0.1, 0.15) is 5.76 Å². The highest BCUT2D eigenvalue weighted by atomic mass is 79.9. The first-order chi connectivity index (χ1) is 8.97. The lowest BCUT2D eigenvalue weighted by molar-refractivity contribution is 0.512. The molecule has 0 saturated carbocycles. The molecule has 2 aromatic rings. The first-order valence-corrected chi connectivity index (χ1v) is 7.66. The van der Waals surface area contributed by atoms with Crippen molar-refractivity contribution in [3.8, 4) is 0 Å². The van der Waals surface area contributed by atoms with Crippen LogP contribution in [0.1, 0.15) is 50.9 Å². The molecule has 1 aromatic heterocycles. The molecule has 2 rings (SSSR count). The normalized spacial score (nSPS) is 12.7. The van der Waals surface area contributed by atoms with E-state index in [2.05, 4.69) is 62.7 Å². The second-order valence-corrected chi connectivity index (χ2v) is 6.10. The van der Waals surface area contributed by atoms with Crippen LogP contribution in [-0.4, -0.2) is 0 Å². The zero-order chi connectivity index (χ0) is 14.2. The third-order valence-electron chi connectivity index (χ3n) is 4.05. The van der Waals surface area contributed by atoms with E-state index in [1.165, 1.54) is 33.4 Å². The van der Waals surface area contributed by atoms with E-state index in [0.717, 1.165) is 12.2 Å². The Morgan fingerprint density at radius 3 is 2.21 bits per heavy atom. The molecule has 1 nitrogen and oxygen atoms in total. The van der Waals surface area contributed by atoms with Crippen molar-refractivity contribution in [1.29, 1.82) is 0 Å². The Morgan fingerprint density at radius 1 is 1.11 bits per heavy atom. The minimum Gasteiger partial charge on any atom is -0.469 e. The van der Waals surface area contributed by atoms with Gasteiger partial charge in [-0.3, -0.25) is 0 Å². The number of benzene rings is 1. The molecule has 0 spiro atoms. The van der Waals surface area contributed by atoms with Gasteiger partial charge in [-0.05, 0) is 61.6 Å². The largest absolute Gasteiger partial charge is 0.469 e. The second-order valence-electron chi connectivity index (χ2n) is 5.19. The lowest BCUT2D eigenvalue weighted by atomic mass is 9.90. The van der Waals surface area contributed by atoms with Crippen molar-refractivity contribution in [2.75, 3.05) is 0 Å². The minimum atomic E-state index is 0.208. The van der Waals surface area contributed by atoms with Crippen LogP contribution >= 0.6 is 15.9 Å². The quantitative estimate of drug-likeness (QED) is 0.675. The summed E-state index contributed by atoms with van der Waals surface area (Å²) in [5.41, 5.74) is 8.07. The predicted molar refractivity (Wildman–Crippen MR) is 84.2 cm³/mol. The second kappa shape index (κ2) is 5.54. The van der Waals surface area contributed by atoms with Crippen LogP contribution in [0.5, 0.6) is 0 Å². The molecule has 2 heteroatoms. The third-order valence-corrected chi connectivity index (χ3v) is 5.00. The molecular formula is C17H21BrO. The van der Waals surface area contributed by atoms with Gasteiger partial charge in [-0.15, -0.1) is 0 Å². The van der Waals surface area contributed by atoms with E-state index < -0.39 is 0 Å². The fourth-order valence-corrected chi connectivity index (χ4v) is 3.74. The lowest BCUT2D eigenvalue weighted by Gasteiger charge is -2.20. The van der Waals surface area contributed by atoms with Gasteiger partial charge in [-0.2, -0.15) is 0 Å². The summed E-state index contributed by atoms with van der Waals surface area (Å²) in [6.45, 7) is 10.9. The van der Waals surface area contributed by atoms with Crippen LogP contribution in [0.2, 0.25) is 0 Å². The van der Waals surface area contributed by atoms with Gasteiger partial charge >= 0.3 is 0 Å². The summed E-state index contributed by atoms with van der Waals surface area (Å²) in [7, 11) is 0. The average Bonchev–Trinajstić information content (AvgIpc) is 2.84. The molecule has 1 unspecified atom stereocenters. The van der Waals surface area contributed by atoms with E-state index in [-0.39, 0.29) is 4.83 Å². The molecule has 0 amide bonds. The van der Waals surface area contributed by atoms with Crippen LogP contribution in [0.3, 0.4) is 0 Å². The first-order valence-electron chi connectivity index (χ1n) is 6.75. The standard InChI is InChI=1S/C17H21BrO/c1-6-15-14(7-8-19-15)17(18)16-12(4)10(2)9-11(3)13(16)5/h7-9,17H,6H2,1-5H3. The zero-order valence-corrected chi connectivity index (χ0v) is 13.9. The van der Waals surface area contributed by atoms with Gasteiger partial charge in [0, 0.05) is 12.0 Å². The summed E-state index contributed by atoms with van der Waals surface area (Å²) in [6, 6.07) is 4.35. The van der Waals surface area contributed by atoms with Crippen molar-refractivity contribution in [3.63, 3.8) is 0 Å². The molecule has 0 aliphatic carbocycles.